The van der Waals surface area contributed by atoms with Crippen molar-refractivity contribution in [3.63, 3.8) is 0 Å². The van der Waals surface area contributed by atoms with Crippen molar-refractivity contribution in [1.82, 2.24) is 19.4 Å². The molecular weight excluding hydrogens is 460 g/mol. The number of aromatic nitrogens is 3. The number of benzene rings is 2. The lowest BCUT2D eigenvalue weighted by Crippen LogP contribution is -2.33. The maximum absolute atomic E-state index is 13.3. The Kier molecular flexibility index (Phi) is 4.71. The average Bonchev–Trinajstić information content (AvgIpc) is 3.03. The number of carbonyl (C=O) groups is 2. The monoisotopic (exact) mass is 474 g/mol. The molecule has 4 aromatic rings. The van der Waals surface area contributed by atoms with Crippen LogP contribution in [0, 0.1) is 0 Å². The lowest BCUT2D eigenvalue weighted by molar-refractivity contribution is 0.0655. The van der Waals surface area contributed by atoms with Gasteiger partial charge in [-0.1, -0.05) is 24.3 Å². The van der Waals surface area contributed by atoms with E-state index in [1.54, 1.807) is 60.8 Å². The number of imide groups is 1. The normalized spacial score (nSPS) is 13.1. The largest absolute Gasteiger partial charge is 0.274 e. The molecule has 0 spiro atoms. The number of rotatable bonds is 4. The maximum Gasteiger partial charge on any atom is 0.267 e. The topological polar surface area (TPSA) is 85.2 Å². The first-order valence-electron chi connectivity index (χ1n) is 9.62. The zero-order valence-electron chi connectivity index (χ0n) is 16.2. The summed E-state index contributed by atoms with van der Waals surface area (Å²) in [6.07, 6.45) is 1.81. The van der Waals surface area contributed by atoms with E-state index in [0.717, 1.165) is 4.47 Å². The fourth-order valence-electron chi connectivity index (χ4n) is 3.74. The number of carbonyl (C=O) groups excluding carboxylic acids is 2. The Bertz CT molecular complexity index is 1380. The molecule has 0 bridgehead atoms. The van der Waals surface area contributed by atoms with E-state index in [-0.39, 0.29) is 30.3 Å². The third kappa shape index (κ3) is 3.25. The SMILES string of the molecule is O=C1c2ccccc2C(=O)N1CCc1nc2ccccc2c(=O)n1-c1ccc(Br)cn1. The Labute approximate surface area is 185 Å². The van der Waals surface area contributed by atoms with Crippen molar-refractivity contribution in [2.45, 2.75) is 6.42 Å². The minimum absolute atomic E-state index is 0.105. The summed E-state index contributed by atoms with van der Waals surface area (Å²) in [5.41, 5.74) is 1.09. The van der Waals surface area contributed by atoms with Gasteiger partial charge in [0, 0.05) is 23.6 Å². The summed E-state index contributed by atoms with van der Waals surface area (Å²) in [6, 6.07) is 17.3. The lowest BCUT2D eigenvalue weighted by atomic mass is 10.1. The summed E-state index contributed by atoms with van der Waals surface area (Å²) in [5, 5.41) is 0.469. The number of hydrogen-bond acceptors (Lipinski definition) is 5. The van der Waals surface area contributed by atoms with Crippen molar-refractivity contribution in [2.75, 3.05) is 6.54 Å². The van der Waals surface area contributed by atoms with Crippen LogP contribution in [0.25, 0.3) is 16.7 Å². The molecule has 0 atom stereocenters. The quantitative estimate of drug-likeness (QED) is 0.423. The molecule has 0 unspecified atom stereocenters. The zero-order chi connectivity index (χ0) is 21.5. The standard InChI is InChI=1S/C23H15BrN4O3/c24-14-9-10-19(25-13-14)28-20(26-18-8-4-3-7-17(18)23(28)31)11-12-27-21(29)15-5-1-2-6-16(15)22(27)30/h1-10,13H,11-12H2. The van der Waals surface area contributed by atoms with Crippen molar-refractivity contribution in [3.05, 3.63) is 98.6 Å². The molecule has 0 saturated carbocycles. The molecule has 0 aliphatic carbocycles. The molecule has 2 aromatic heterocycles. The Morgan fingerprint density at radius 2 is 1.52 bits per heavy atom. The first-order valence-corrected chi connectivity index (χ1v) is 10.4. The molecule has 2 aromatic carbocycles. The van der Waals surface area contributed by atoms with Gasteiger partial charge in [0.05, 0.1) is 22.0 Å². The summed E-state index contributed by atoms with van der Waals surface area (Å²) in [5.74, 6) is 0.174. The second-order valence-corrected chi connectivity index (χ2v) is 7.99. The second-order valence-electron chi connectivity index (χ2n) is 7.08. The Balaban J connectivity index is 1.56. The van der Waals surface area contributed by atoms with Crippen molar-refractivity contribution in [2.24, 2.45) is 0 Å². The molecule has 1 aliphatic heterocycles. The molecular formula is C23H15BrN4O3. The van der Waals surface area contributed by atoms with Gasteiger partial charge in [-0.2, -0.15) is 0 Å². The second kappa shape index (κ2) is 7.55. The van der Waals surface area contributed by atoms with E-state index in [4.69, 9.17) is 0 Å². The Morgan fingerprint density at radius 1 is 0.839 bits per heavy atom. The fourth-order valence-corrected chi connectivity index (χ4v) is 3.97. The van der Waals surface area contributed by atoms with Crippen LogP contribution in [0.1, 0.15) is 26.5 Å². The minimum atomic E-state index is -0.336. The minimum Gasteiger partial charge on any atom is -0.274 e. The summed E-state index contributed by atoms with van der Waals surface area (Å²) in [6.45, 7) is 0.105. The highest BCUT2D eigenvalue weighted by atomic mass is 79.9. The molecule has 2 amide bonds. The van der Waals surface area contributed by atoms with Crippen molar-refractivity contribution < 1.29 is 9.59 Å². The zero-order valence-corrected chi connectivity index (χ0v) is 17.7. The number of amides is 2. The number of nitrogens with zero attached hydrogens (tertiary/aromatic N) is 4. The smallest absolute Gasteiger partial charge is 0.267 e. The molecule has 8 heteroatoms. The van der Waals surface area contributed by atoms with Gasteiger partial charge in [-0.3, -0.25) is 19.3 Å². The summed E-state index contributed by atoms with van der Waals surface area (Å²) in [4.78, 5) is 48.9. The van der Waals surface area contributed by atoms with Crippen LogP contribution in [-0.2, 0) is 6.42 Å². The Morgan fingerprint density at radius 3 is 2.19 bits per heavy atom. The van der Waals surface area contributed by atoms with E-state index >= 15 is 0 Å². The Hall–Kier alpha value is -3.65. The number of hydrogen-bond donors (Lipinski definition) is 0. The third-order valence-electron chi connectivity index (χ3n) is 5.22. The molecule has 0 fully saturated rings. The van der Waals surface area contributed by atoms with Gasteiger partial charge in [-0.05, 0) is 52.3 Å². The van der Waals surface area contributed by atoms with E-state index in [1.165, 1.54) is 9.47 Å². The van der Waals surface area contributed by atoms with Crippen LogP contribution in [0.2, 0.25) is 0 Å². The highest BCUT2D eigenvalue weighted by Crippen LogP contribution is 2.23. The fraction of sp³-hybridized carbons (Fsp3) is 0.0870. The first kappa shape index (κ1) is 19.3. The summed E-state index contributed by atoms with van der Waals surface area (Å²) >= 11 is 3.35. The van der Waals surface area contributed by atoms with E-state index < -0.39 is 0 Å². The van der Waals surface area contributed by atoms with Crippen molar-refractivity contribution in [3.8, 4) is 5.82 Å². The number of pyridine rings is 1. The van der Waals surface area contributed by atoms with Gasteiger partial charge in [-0.15, -0.1) is 0 Å². The molecule has 1 aliphatic rings. The van der Waals surface area contributed by atoms with Crippen LogP contribution in [0.4, 0.5) is 0 Å². The predicted molar refractivity (Wildman–Crippen MR) is 118 cm³/mol. The molecule has 152 valence electrons. The molecule has 31 heavy (non-hydrogen) atoms. The number of halogens is 1. The molecule has 3 heterocycles. The molecule has 0 N–H and O–H groups in total. The highest BCUT2D eigenvalue weighted by Gasteiger charge is 2.35. The predicted octanol–water partition coefficient (Wildman–Crippen LogP) is 3.38. The van der Waals surface area contributed by atoms with Gasteiger partial charge < -0.3 is 0 Å². The molecule has 7 nitrogen and oxygen atoms in total. The molecule has 5 rings (SSSR count). The first-order chi connectivity index (χ1) is 15.0. The van der Waals surface area contributed by atoms with Crippen LogP contribution >= 0.6 is 15.9 Å². The van der Waals surface area contributed by atoms with Gasteiger partial charge in [0.2, 0.25) is 0 Å². The van der Waals surface area contributed by atoms with Gasteiger partial charge in [-0.25, -0.2) is 14.5 Å². The van der Waals surface area contributed by atoms with Crippen LogP contribution in [-0.4, -0.2) is 37.8 Å². The summed E-state index contributed by atoms with van der Waals surface area (Å²) in [7, 11) is 0. The number of fused-ring (bicyclic) bond motifs is 2. The van der Waals surface area contributed by atoms with Crippen molar-refractivity contribution in [1.29, 1.82) is 0 Å². The lowest BCUT2D eigenvalue weighted by Gasteiger charge is -2.16. The van der Waals surface area contributed by atoms with Crippen LogP contribution in [0.3, 0.4) is 0 Å². The maximum atomic E-state index is 13.3. The van der Waals surface area contributed by atoms with E-state index in [0.29, 0.717) is 33.7 Å². The van der Waals surface area contributed by atoms with Crippen LogP contribution < -0.4 is 5.56 Å². The van der Waals surface area contributed by atoms with Gasteiger partial charge in [0.15, 0.2) is 0 Å². The third-order valence-corrected chi connectivity index (χ3v) is 5.69. The highest BCUT2D eigenvalue weighted by molar-refractivity contribution is 9.10. The van der Waals surface area contributed by atoms with Gasteiger partial charge >= 0.3 is 0 Å². The van der Waals surface area contributed by atoms with Crippen LogP contribution in [0.15, 0.2) is 76.1 Å². The molecule has 0 radical (unpaired) electrons. The average molecular weight is 475 g/mol. The van der Waals surface area contributed by atoms with E-state index in [2.05, 4.69) is 25.9 Å². The van der Waals surface area contributed by atoms with E-state index in [9.17, 15) is 14.4 Å². The van der Waals surface area contributed by atoms with Gasteiger partial charge in [0.1, 0.15) is 11.6 Å². The van der Waals surface area contributed by atoms with Crippen LogP contribution in [0.5, 0.6) is 0 Å². The number of para-hydroxylation sites is 1. The summed E-state index contributed by atoms with van der Waals surface area (Å²) < 4.78 is 2.22. The molecule has 0 saturated heterocycles. The van der Waals surface area contributed by atoms with E-state index in [1.807, 2.05) is 6.07 Å². The van der Waals surface area contributed by atoms with Crippen molar-refractivity contribution >= 4 is 38.6 Å². The van der Waals surface area contributed by atoms with Gasteiger partial charge in [0.25, 0.3) is 17.4 Å².